The highest BCUT2D eigenvalue weighted by Crippen LogP contribution is 2.29. The molecule has 0 fully saturated rings. The van der Waals surface area contributed by atoms with Gasteiger partial charge in [0.25, 0.3) is 5.91 Å². The molecule has 0 unspecified atom stereocenters. The first-order valence-electron chi connectivity index (χ1n) is 11.4. The van der Waals surface area contributed by atoms with E-state index in [1.54, 1.807) is 33.3 Å². The van der Waals surface area contributed by atoms with Gasteiger partial charge < -0.3 is 9.47 Å². The number of nitrogens with one attached hydrogen (secondary N) is 1. The Labute approximate surface area is 224 Å². The largest absolute Gasteiger partial charge is 0.493 e. The summed E-state index contributed by atoms with van der Waals surface area (Å²) in [5.41, 5.74) is 6.95. The topological polar surface area (TPSA) is 90.6 Å². The monoisotopic (exact) mass is 535 g/mol. The second kappa shape index (κ2) is 11.9. The minimum atomic E-state index is -0.267. The van der Waals surface area contributed by atoms with Crippen molar-refractivity contribution in [3.63, 3.8) is 0 Å². The summed E-state index contributed by atoms with van der Waals surface area (Å²) in [6.45, 7) is 3.83. The molecule has 8 nitrogen and oxygen atoms in total. The van der Waals surface area contributed by atoms with Crippen LogP contribution in [0.2, 0.25) is 5.02 Å². The number of hydrogen-bond acceptors (Lipinski definition) is 7. The fraction of sp³-hybridized carbons (Fsp3) is 0.185. The Hall–Kier alpha value is -3.82. The summed E-state index contributed by atoms with van der Waals surface area (Å²) in [6, 6.07) is 20.9. The van der Waals surface area contributed by atoms with Crippen LogP contribution in [-0.4, -0.2) is 46.4 Å². The number of methoxy groups -OCH3 is 2. The number of rotatable bonds is 9. The van der Waals surface area contributed by atoms with Gasteiger partial charge in [-0.3, -0.25) is 9.36 Å². The number of amides is 1. The van der Waals surface area contributed by atoms with Gasteiger partial charge in [-0.1, -0.05) is 41.1 Å². The fourth-order valence-electron chi connectivity index (χ4n) is 3.51. The molecule has 0 bridgehead atoms. The lowest BCUT2D eigenvalue weighted by molar-refractivity contribution is -0.118. The van der Waals surface area contributed by atoms with Gasteiger partial charge in [0.1, 0.15) is 0 Å². The summed E-state index contributed by atoms with van der Waals surface area (Å²) in [4.78, 5) is 12.6. The van der Waals surface area contributed by atoms with Crippen molar-refractivity contribution in [3.05, 3.63) is 82.9 Å². The first-order valence-corrected chi connectivity index (χ1v) is 12.7. The van der Waals surface area contributed by atoms with E-state index in [9.17, 15) is 4.79 Å². The van der Waals surface area contributed by atoms with Gasteiger partial charge in [0.15, 0.2) is 22.5 Å². The highest BCUT2D eigenvalue weighted by molar-refractivity contribution is 7.99. The minimum absolute atomic E-state index is 0.104. The van der Waals surface area contributed by atoms with Crippen LogP contribution in [0.3, 0.4) is 0 Å². The fourth-order valence-corrected chi connectivity index (χ4v) is 4.38. The van der Waals surface area contributed by atoms with E-state index in [4.69, 9.17) is 21.1 Å². The van der Waals surface area contributed by atoms with Gasteiger partial charge in [0, 0.05) is 21.8 Å². The van der Waals surface area contributed by atoms with Gasteiger partial charge in [0.05, 0.1) is 25.7 Å². The van der Waals surface area contributed by atoms with Gasteiger partial charge in [-0.05, 0) is 68.4 Å². The maximum atomic E-state index is 12.6. The number of hydrogen-bond donors (Lipinski definition) is 1. The van der Waals surface area contributed by atoms with Crippen LogP contribution in [0.4, 0.5) is 0 Å². The zero-order valence-corrected chi connectivity index (χ0v) is 22.4. The molecular weight excluding hydrogens is 510 g/mol. The number of carbonyl (C=O) groups excluding carboxylic acids is 1. The molecule has 0 aliphatic heterocycles. The predicted molar refractivity (Wildman–Crippen MR) is 147 cm³/mol. The molecule has 0 saturated carbocycles. The quantitative estimate of drug-likeness (QED) is 0.172. The second-order valence-corrected chi connectivity index (χ2v) is 9.45. The molecule has 3 aromatic carbocycles. The zero-order valence-electron chi connectivity index (χ0n) is 20.9. The number of carbonyl (C=O) groups is 1. The van der Waals surface area contributed by atoms with Gasteiger partial charge >= 0.3 is 0 Å². The number of aromatic nitrogens is 3. The SMILES string of the molecule is COc1ccc(/C(C)=N\NC(=O)CSc2nnc(-c3ccc(Cl)cc3)n2-c2ccc(C)cc2)cc1OC. The number of nitrogens with zero attached hydrogens (tertiary/aromatic N) is 4. The second-order valence-electron chi connectivity index (χ2n) is 8.07. The number of thioether (sulfide) groups is 1. The molecule has 0 aliphatic carbocycles. The number of halogens is 1. The Morgan fingerprint density at radius 2 is 1.70 bits per heavy atom. The lowest BCUT2D eigenvalue weighted by Crippen LogP contribution is -2.21. The molecule has 0 aliphatic rings. The van der Waals surface area contributed by atoms with E-state index in [-0.39, 0.29) is 11.7 Å². The zero-order chi connectivity index (χ0) is 26.4. The smallest absolute Gasteiger partial charge is 0.250 e. The van der Waals surface area contributed by atoms with Crippen LogP contribution in [0.15, 0.2) is 77.0 Å². The first-order chi connectivity index (χ1) is 17.9. The average molecular weight is 536 g/mol. The molecule has 0 radical (unpaired) electrons. The Morgan fingerprint density at radius 1 is 1.00 bits per heavy atom. The average Bonchev–Trinajstić information content (AvgIpc) is 3.34. The molecule has 4 rings (SSSR count). The highest BCUT2D eigenvalue weighted by Gasteiger charge is 2.17. The van der Waals surface area contributed by atoms with Crippen LogP contribution in [0.1, 0.15) is 18.1 Å². The molecule has 4 aromatic rings. The van der Waals surface area contributed by atoms with E-state index < -0.39 is 0 Å². The third kappa shape index (κ3) is 6.31. The van der Waals surface area contributed by atoms with E-state index in [0.29, 0.717) is 33.2 Å². The molecule has 1 heterocycles. The van der Waals surface area contributed by atoms with Gasteiger partial charge in [-0.25, -0.2) is 5.43 Å². The molecule has 190 valence electrons. The highest BCUT2D eigenvalue weighted by atomic mass is 35.5. The van der Waals surface area contributed by atoms with Crippen LogP contribution in [0, 0.1) is 6.92 Å². The van der Waals surface area contributed by atoms with E-state index in [1.165, 1.54) is 11.8 Å². The van der Waals surface area contributed by atoms with Crippen LogP contribution < -0.4 is 14.9 Å². The van der Waals surface area contributed by atoms with Crippen LogP contribution >= 0.6 is 23.4 Å². The molecule has 1 N–H and O–H groups in total. The maximum Gasteiger partial charge on any atom is 0.250 e. The summed E-state index contributed by atoms with van der Waals surface area (Å²) in [5.74, 6) is 1.70. The molecule has 0 spiro atoms. The van der Waals surface area contributed by atoms with E-state index >= 15 is 0 Å². The van der Waals surface area contributed by atoms with E-state index in [1.807, 2.05) is 66.1 Å². The van der Waals surface area contributed by atoms with Crippen molar-refractivity contribution in [2.24, 2.45) is 5.10 Å². The molecule has 10 heteroatoms. The van der Waals surface area contributed by atoms with Crippen molar-refractivity contribution < 1.29 is 14.3 Å². The van der Waals surface area contributed by atoms with Crippen molar-refractivity contribution in [2.75, 3.05) is 20.0 Å². The molecule has 0 saturated heterocycles. The normalized spacial score (nSPS) is 11.3. The minimum Gasteiger partial charge on any atom is -0.493 e. The van der Waals surface area contributed by atoms with E-state index in [0.717, 1.165) is 22.4 Å². The van der Waals surface area contributed by atoms with Crippen LogP contribution in [0.5, 0.6) is 11.5 Å². The molecular formula is C27H26ClN5O3S. The summed E-state index contributed by atoms with van der Waals surface area (Å²) < 4.78 is 12.5. The molecule has 1 amide bonds. The third-order valence-corrected chi connectivity index (χ3v) is 6.69. The predicted octanol–water partition coefficient (Wildman–Crippen LogP) is 5.55. The Kier molecular flexibility index (Phi) is 8.47. The van der Waals surface area contributed by atoms with Crippen LogP contribution in [-0.2, 0) is 4.79 Å². The lowest BCUT2D eigenvalue weighted by Gasteiger charge is -2.11. The van der Waals surface area contributed by atoms with Gasteiger partial charge in [-0.15, -0.1) is 10.2 Å². The van der Waals surface area contributed by atoms with Crippen LogP contribution in [0.25, 0.3) is 17.1 Å². The lowest BCUT2D eigenvalue weighted by atomic mass is 10.1. The summed E-state index contributed by atoms with van der Waals surface area (Å²) in [6.07, 6.45) is 0. The third-order valence-electron chi connectivity index (χ3n) is 5.51. The molecule has 37 heavy (non-hydrogen) atoms. The van der Waals surface area contributed by atoms with Crippen molar-refractivity contribution in [1.29, 1.82) is 0 Å². The maximum absolute atomic E-state index is 12.6. The van der Waals surface area contributed by atoms with Crippen molar-refractivity contribution >= 4 is 35.0 Å². The summed E-state index contributed by atoms with van der Waals surface area (Å²) in [7, 11) is 3.15. The standard InChI is InChI=1S/C27H26ClN5O3S/c1-17-5-12-22(13-6-17)33-26(19-7-10-21(28)11-8-19)31-32-27(33)37-16-25(34)30-29-18(2)20-9-14-23(35-3)24(15-20)36-4/h5-15H,16H2,1-4H3,(H,30,34)/b29-18-. The van der Waals surface area contributed by atoms with Crippen molar-refractivity contribution in [1.82, 2.24) is 20.2 Å². The summed E-state index contributed by atoms with van der Waals surface area (Å²) in [5, 5.41) is 14.2. The van der Waals surface area contributed by atoms with Crippen molar-refractivity contribution in [3.8, 4) is 28.6 Å². The number of benzene rings is 3. The molecule has 0 atom stereocenters. The van der Waals surface area contributed by atoms with Crippen molar-refractivity contribution in [2.45, 2.75) is 19.0 Å². The summed E-state index contributed by atoms with van der Waals surface area (Å²) >= 11 is 7.35. The number of ether oxygens (including phenoxy) is 2. The van der Waals surface area contributed by atoms with Gasteiger partial charge in [-0.2, -0.15) is 5.10 Å². The van der Waals surface area contributed by atoms with E-state index in [2.05, 4.69) is 20.7 Å². The number of aryl methyl sites for hydroxylation is 1. The Balaban J connectivity index is 1.51. The first kappa shape index (κ1) is 26.2. The number of hydrazone groups is 1. The molecule has 1 aromatic heterocycles. The Morgan fingerprint density at radius 3 is 2.38 bits per heavy atom. The Bertz CT molecular complexity index is 1420. The van der Waals surface area contributed by atoms with Gasteiger partial charge in [0.2, 0.25) is 0 Å².